The highest BCUT2D eigenvalue weighted by molar-refractivity contribution is 7.88. The fourth-order valence-electron chi connectivity index (χ4n) is 4.38. The number of halogens is 1. The van der Waals surface area contributed by atoms with E-state index in [1.54, 1.807) is 36.9 Å². The third-order valence-corrected chi connectivity index (χ3v) is 6.74. The van der Waals surface area contributed by atoms with Crippen LogP contribution in [0.1, 0.15) is 5.56 Å². The maximum Gasteiger partial charge on any atom is 0.209 e. The Balaban J connectivity index is 1.43. The second-order valence-electron chi connectivity index (χ2n) is 8.89. The number of aromatic nitrogens is 6. The van der Waals surface area contributed by atoms with Gasteiger partial charge in [-0.25, -0.2) is 17.5 Å². The minimum absolute atomic E-state index is 0.0320. The molecule has 10 nitrogen and oxygen atoms in total. The highest BCUT2D eigenvalue weighted by Crippen LogP contribution is 2.35. The van der Waals surface area contributed by atoms with Gasteiger partial charge in [0, 0.05) is 40.8 Å². The fraction of sp³-hybridized carbons (Fsp3) is 0.0769. The van der Waals surface area contributed by atoms with E-state index in [2.05, 4.69) is 34.9 Å². The van der Waals surface area contributed by atoms with Crippen LogP contribution in [-0.4, -0.2) is 49.9 Å². The molecule has 0 radical (unpaired) electrons. The Morgan fingerprint density at radius 3 is 2.58 bits per heavy atom. The summed E-state index contributed by atoms with van der Waals surface area (Å²) in [4.78, 5) is 16.1. The van der Waals surface area contributed by atoms with Gasteiger partial charge in [-0.15, -0.1) is 0 Å². The zero-order chi connectivity index (χ0) is 26.4. The molecule has 0 fully saturated rings. The molecule has 0 atom stereocenters. The van der Waals surface area contributed by atoms with E-state index in [0.29, 0.717) is 39.3 Å². The van der Waals surface area contributed by atoms with Crippen molar-refractivity contribution < 1.29 is 17.9 Å². The summed E-state index contributed by atoms with van der Waals surface area (Å²) in [5.41, 5.74) is 5.82. The van der Waals surface area contributed by atoms with Crippen molar-refractivity contribution in [2.45, 2.75) is 6.54 Å². The summed E-state index contributed by atoms with van der Waals surface area (Å²) in [6.45, 7) is -0.0320. The Hall–Kier alpha value is -4.68. The number of benzene rings is 1. The minimum atomic E-state index is -3.43. The lowest BCUT2D eigenvalue weighted by molar-refractivity contribution is 0.473. The molecule has 0 amide bonds. The maximum absolute atomic E-state index is 14.5. The lowest BCUT2D eigenvalue weighted by Crippen LogP contribution is -2.21. The Kier molecular flexibility index (Phi) is 5.62. The fourth-order valence-corrected chi connectivity index (χ4v) is 4.81. The second kappa shape index (κ2) is 9.01. The first-order valence-electron chi connectivity index (χ1n) is 11.4. The van der Waals surface area contributed by atoms with Crippen molar-refractivity contribution in [2.24, 2.45) is 0 Å². The van der Waals surface area contributed by atoms with Gasteiger partial charge in [0.25, 0.3) is 0 Å². The van der Waals surface area contributed by atoms with Gasteiger partial charge >= 0.3 is 0 Å². The number of H-pyrrole nitrogens is 2. The molecule has 0 aliphatic heterocycles. The summed E-state index contributed by atoms with van der Waals surface area (Å²) in [6, 6.07) is 9.77. The average molecular weight is 530 g/mol. The standard InChI is InChI=1S/C26H20FN7O3S/c1-38(36,37)31-8-14-2-15(4-17(27)3-14)21-11-29-12-24-19(21)6-23(32-24)26-20-7-22(30-13-25(20)33-34-26)16-5-18(35)10-28-9-16/h2-7,9-13,31-32,35H,8H2,1H3,(H,33,34). The molecule has 6 aromatic rings. The zero-order valence-electron chi connectivity index (χ0n) is 19.9. The summed E-state index contributed by atoms with van der Waals surface area (Å²) in [5, 5.41) is 18.9. The lowest BCUT2D eigenvalue weighted by Gasteiger charge is -2.08. The van der Waals surface area contributed by atoms with Crippen LogP contribution in [0, 0.1) is 5.82 Å². The molecule has 1 aromatic carbocycles. The molecule has 0 aliphatic carbocycles. The van der Waals surface area contributed by atoms with Gasteiger partial charge in [-0.2, -0.15) is 5.10 Å². The van der Waals surface area contributed by atoms with Gasteiger partial charge in [0.05, 0.1) is 47.3 Å². The van der Waals surface area contributed by atoms with Crippen molar-refractivity contribution in [3.63, 3.8) is 0 Å². The highest BCUT2D eigenvalue weighted by atomic mass is 32.2. The Morgan fingerprint density at radius 2 is 1.76 bits per heavy atom. The molecule has 5 heterocycles. The first-order chi connectivity index (χ1) is 18.2. The number of pyridine rings is 3. The largest absolute Gasteiger partial charge is 0.506 e. The van der Waals surface area contributed by atoms with Crippen LogP contribution in [-0.2, 0) is 16.6 Å². The molecular weight excluding hydrogens is 509 g/mol. The van der Waals surface area contributed by atoms with Gasteiger partial charge in [-0.1, -0.05) is 0 Å². The third-order valence-electron chi connectivity index (χ3n) is 6.07. The van der Waals surface area contributed by atoms with E-state index in [0.717, 1.165) is 28.1 Å². The first kappa shape index (κ1) is 23.7. The number of nitrogens with one attached hydrogen (secondary N) is 3. The number of sulfonamides is 1. The monoisotopic (exact) mass is 529 g/mol. The van der Waals surface area contributed by atoms with Crippen LogP contribution < -0.4 is 4.72 Å². The van der Waals surface area contributed by atoms with Gasteiger partial charge in [0.15, 0.2) is 0 Å². The molecule has 0 saturated carbocycles. The van der Waals surface area contributed by atoms with Crippen molar-refractivity contribution in [1.82, 2.24) is 34.9 Å². The van der Waals surface area contributed by atoms with Crippen LogP contribution in [0.4, 0.5) is 4.39 Å². The van der Waals surface area contributed by atoms with Gasteiger partial charge < -0.3 is 10.1 Å². The van der Waals surface area contributed by atoms with Crippen molar-refractivity contribution in [3.05, 3.63) is 78.8 Å². The quantitative estimate of drug-likeness (QED) is 0.253. The van der Waals surface area contributed by atoms with Gasteiger partial charge in [0.2, 0.25) is 10.0 Å². The number of aromatic hydroxyl groups is 1. The molecule has 4 N–H and O–H groups in total. The highest BCUT2D eigenvalue weighted by Gasteiger charge is 2.16. The number of aromatic amines is 2. The molecule has 0 saturated heterocycles. The molecule has 0 aliphatic rings. The molecular formula is C26H20FN7O3S. The maximum atomic E-state index is 14.5. The molecule has 5 aromatic heterocycles. The molecule has 0 spiro atoms. The molecule has 0 bridgehead atoms. The third kappa shape index (κ3) is 4.58. The summed E-state index contributed by atoms with van der Waals surface area (Å²) >= 11 is 0. The lowest BCUT2D eigenvalue weighted by atomic mass is 10.0. The number of hydrogen-bond donors (Lipinski definition) is 4. The van der Waals surface area contributed by atoms with E-state index in [1.165, 1.54) is 18.3 Å². The molecule has 38 heavy (non-hydrogen) atoms. The summed E-state index contributed by atoms with van der Waals surface area (Å²) in [6.07, 6.45) is 9.01. The van der Waals surface area contributed by atoms with Crippen molar-refractivity contribution >= 4 is 31.8 Å². The predicted molar refractivity (Wildman–Crippen MR) is 141 cm³/mol. The number of hydrogen-bond acceptors (Lipinski definition) is 7. The minimum Gasteiger partial charge on any atom is -0.506 e. The number of fused-ring (bicyclic) bond motifs is 2. The predicted octanol–water partition coefficient (Wildman–Crippen LogP) is 4.12. The van der Waals surface area contributed by atoms with E-state index in [9.17, 15) is 17.9 Å². The van der Waals surface area contributed by atoms with E-state index < -0.39 is 15.8 Å². The Morgan fingerprint density at radius 1 is 0.921 bits per heavy atom. The summed E-state index contributed by atoms with van der Waals surface area (Å²) in [5.74, 6) is -0.444. The average Bonchev–Trinajstić information content (AvgIpc) is 3.50. The molecule has 6 rings (SSSR count). The van der Waals surface area contributed by atoms with Crippen LogP contribution in [0.15, 0.2) is 67.4 Å². The van der Waals surface area contributed by atoms with Crippen LogP contribution in [0.25, 0.3) is 55.6 Å². The summed E-state index contributed by atoms with van der Waals surface area (Å²) in [7, 11) is -3.43. The first-order valence-corrected chi connectivity index (χ1v) is 13.3. The van der Waals surface area contributed by atoms with Crippen LogP contribution >= 0.6 is 0 Å². The molecule has 0 unspecified atom stereocenters. The van der Waals surface area contributed by atoms with E-state index in [-0.39, 0.29) is 12.3 Å². The van der Waals surface area contributed by atoms with Crippen LogP contribution in [0.5, 0.6) is 5.75 Å². The topological polar surface area (TPSA) is 150 Å². The van der Waals surface area contributed by atoms with Crippen molar-refractivity contribution in [2.75, 3.05) is 6.26 Å². The smallest absolute Gasteiger partial charge is 0.209 e. The van der Waals surface area contributed by atoms with E-state index in [1.807, 2.05) is 12.1 Å². The van der Waals surface area contributed by atoms with Crippen LogP contribution in [0.2, 0.25) is 0 Å². The SMILES string of the molecule is CS(=O)(=O)NCc1cc(F)cc(-c2cncc3[nH]c(-c4n[nH]c5cnc(-c6cncc(O)c6)cc45)cc23)c1. The van der Waals surface area contributed by atoms with Crippen LogP contribution in [0.3, 0.4) is 0 Å². The Bertz CT molecular complexity index is 1950. The van der Waals surface area contributed by atoms with Crippen molar-refractivity contribution in [3.8, 4) is 39.5 Å². The number of nitrogens with zero attached hydrogens (tertiary/aromatic N) is 4. The summed E-state index contributed by atoms with van der Waals surface area (Å²) < 4.78 is 39.9. The van der Waals surface area contributed by atoms with E-state index >= 15 is 0 Å². The second-order valence-corrected chi connectivity index (χ2v) is 10.7. The van der Waals surface area contributed by atoms with Gasteiger partial charge in [-0.3, -0.25) is 20.1 Å². The van der Waals surface area contributed by atoms with Crippen molar-refractivity contribution in [1.29, 1.82) is 0 Å². The van der Waals surface area contributed by atoms with Gasteiger partial charge in [-0.05, 0) is 47.5 Å². The molecule has 190 valence electrons. The number of rotatable bonds is 6. The van der Waals surface area contributed by atoms with Gasteiger partial charge in [0.1, 0.15) is 17.3 Å². The zero-order valence-corrected chi connectivity index (χ0v) is 20.7. The normalized spacial score (nSPS) is 11.9. The van der Waals surface area contributed by atoms with E-state index in [4.69, 9.17) is 0 Å². The Labute approximate surface area is 215 Å². The molecule has 12 heteroatoms.